The summed E-state index contributed by atoms with van der Waals surface area (Å²) >= 11 is 0. The van der Waals surface area contributed by atoms with Crippen molar-refractivity contribution in [2.75, 3.05) is 14.2 Å². The Labute approximate surface area is 117 Å². The lowest BCUT2D eigenvalue weighted by Crippen LogP contribution is -2.41. The number of hydrogen-bond donors (Lipinski definition) is 1. The molecule has 2 nitrogen and oxygen atoms in total. The molecule has 0 saturated heterocycles. The highest BCUT2D eigenvalue weighted by atomic mass is 16.5. The number of ether oxygens (including phenoxy) is 1. The molecule has 2 rings (SSSR count). The topological polar surface area (TPSA) is 21.3 Å². The van der Waals surface area contributed by atoms with Gasteiger partial charge < -0.3 is 10.1 Å². The minimum atomic E-state index is 0.154. The van der Waals surface area contributed by atoms with Gasteiger partial charge in [-0.1, -0.05) is 50.1 Å². The summed E-state index contributed by atoms with van der Waals surface area (Å²) in [5.74, 6) is 1.57. The van der Waals surface area contributed by atoms with E-state index in [0.29, 0.717) is 6.04 Å². The number of benzene rings is 1. The second kappa shape index (κ2) is 7.06. The summed E-state index contributed by atoms with van der Waals surface area (Å²) in [5, 5.41) is 3.52. The lowest BCUT2D eigenvalue weighted by molar-refractivity contribution is 0.0364. The first-order valence-electron chi connectivity index (χ1n) is 7.51. The molecule has 0 amide bonds. The molecule has 1 aromatic carbocycles. The van der Waals surface area contributed by atoms with Crippen molar-refractivity contribution in [3.05, 3.63) is 35.9 Å². The maximum Gasteiger partial charge on any atom is 0.0976 e. The molecule has 106 valence electrons. The molecule has 0 aliphatic heterocycles. The second-order valence-electron chi connectivity index (χ2n) is 5.91. The van der Waals surface area contributed by atoms with Crippen LogP contribution in [-0.2, 0) is 4.74 Å². The number of hydrogen-bond acceptors (Lipinski definition) is 2. The zero-order chi connectivity index (χ0) is 13.7. The molecule has 4 atom stereocenters. The van der Waals surface area contributed by atoms with Crippen molar-refractivity contribution >= 4 is 0 Å². The van der Waals surface area contributed by atoms with Gasteiger partial charge in [-0.15, -0.1) is 0 Å². The fourth-order valence-corrected chi connectivity index (χ4v) is 3.57. The van der Waals surface area contributed by atoms with Crippen molar-refractivity contribution in [2.45, 2.75) is 44.8 Å². The van der Waals surface area contributed by atoms with Crippen LogP contribution in [0, 0.1) is 11.8 Å². The zero-order valence-electron chi connectivity index (χ0n) is 12.4. The van der Waals surface area contributed by atoms with E-state index < -0.39 is 0 Å². The summed E-state index contributed by atoms with van der Waals surface area (Å²) in [6.07, 6.45) is 5.54. The van der Waals surface area contributed by atoms with Crippen LogP contribution >= 0.6 is 0 Å². The first-order chi connectivity index (χ1) is 9.26. The van der Waals surface area contributed by atoms with Crippen molar-refractivity contribution in [1.82, 2.24) is 5.32 Å². The predicted molar refractivity (Wildman–Crippen MR) is 80.2 cm³/mol. The minimum Gasteiger partial charge on any atom is -0.375 e. The molecule has 1 aromatic rings. The minimum absolute atomic E-state index is 0.154. The average Bonchev–Trinajstić information content (AvgIpc) is 2.45. The summed E-state index contributed by atoms with van der Waals surface area (Å²) in [6, 6.07) is 11.0. The van der Waals surface area contributed by atoms with Gasteiger partial charge >= 0.3 is 0 Å². The lowest BCUT2D eigenvalue weighted by Gasteiger charge is -2.37. The van der Waals surface area contributed by atoms with Gasteiger partial charge in [-0.05, 0) is 37.3 Å². The van der Waals surface area contributed by atoms with Crippen LogP contribution in [0.3, 0.4) is 0 Å². The Morgan fingerprint density at radius 2 is 1.95 bits per heavy atom. The van der Waals surface area contributed by atoms with Gasteiger partial charge in [0.2, 0.25) is 0 Å². The maximum absolute atomic E-state index is 5.82. The van der Waals surface area contributed by atoms with Gasteiger partial charge in [-0.2, -0.15) is 0 Å². The van der Waals surface area contributed by atoms with E-state index >= 15 is 0 Å². The van der Waals surface area contributed by atoms with E-state index in [1.807, 2.05) is 7.11 Å². The summed E-state index contributed by atoms with van der Waals surface area (Å²) in [7, 11) is 3.90. The zero-order valence-corrected chi connectivity index (χ0v) is 12.4. The van der Waals surface area contributed by atoms with Crippen molar-refractivity contribution in [3.63, 3.8) is 0 Å². The van der Waals surface area contributed by atoms with E-state index in [1.165, 1.54) is 31.2 Å². The molecule has 1 aliphatic rings. The van der Waals surface area contributed by atoms with Crippen LogP contribution in [0.25, 0.3) is 0 Å². The SMILES string of the molecule is CNC(C1CCCC(C)C1)C(OC)c1ccccc1. The van der Waals surface area contributed by atoms with Gasteiger partial charge in [0, 0.05) is 13.2 Å². The number of nitrogens with one attached hydrogen (secondary N) is 1. The Balaban J connectivity index is 2.14. The summed E-state index contributed by atoms with van der Waals surface area (Å²) < 4.78 is 5.82. The third-order valence-electron chi connectivity index (χ3n) is 4.53. The van der Waals surface area contributed by atoms with Gasteiger partial charge in [0.15, 0.2) is 0 Å². The number of likely N-dealkylation sites (N-methyl/N-ethyl adjacent to an activating group) is 1. The largest absolute Gasteiger partial charge is 0.375 e. The highest BCUT2D eigenvalue weighted by Gasteiger charge is 2.32. The standard InChI is InChI=1S/C17H27NO/c1-13-8-7-11-15(12-13)16(18-2)17(19-3)14-9-5-4-6-10-14/h4-6,9-10,13,15-18H,7-8,11-12H2,1-3H3. The first-order valence-corrected chi connectivity index (χ1v) is 7.51. The maximum atomic E-state index is 5.82. The van der Waals surface area contributed by atoms with Crippen LogP contribution in [0.1, 0.15) is 44.3 Å². The Morgan fingerprint density at radius 1 is 1.21 bits per heavy atom. The Hall–Kier alpha value is -0.860. The molecule has 0 heterocycles. The Kier molecular flexibility index (Phi) is 5.41. The van der Waals surface area contributed by atoms with Crippen molar-refractivity contribution in [2.24, 2.45) is 11.8 Å². The molecule has 1 fully saturated rings. The number of methoxy groups -OCH3 is 1. The van der Waals surface area contributed by atoms with Crippen LogP contribution in [-0.4, -0.2) is 20.2 Å². The molecule has 0 radical (unpaired) electrons. The summed E-state index contributed by atoms with van der Waals surface area (Å²) in [4.78, 5) is 0. The van der Waals surface area contributed by atoms with E-state index in [-0.39, 0.29) is 6.10 Å². The monoisotopic (exact) mass is 261 g/mol. The van der Waals surface area contributed by atoms with Crippen molar-refractivity contribution < 1.29 is 4.74 Å². The molecule has 4 unspecified atom stereocenters. The van der Waals surface area contributed by atoms with Gasteiger partial charge in [0.1, 0.15) is 0 Å². The Morgan fingerprint density at radius 3 is 2.53 bits per heavy atom. The van der Waals surface area contributed by atoms with Crippen molar-refractivity contribution in [1.29, 1.82) is 0 Å². The molecule has 0 aromatic heterocycles. The molecular weight excluding hydrogens is 234 g/mol. The van der Waals surface area contributed by atoms with E-state index in [2.05, 4.69) is 49.6 Å². The van der Waals surface area contributed by atoms with Crippen LogP contribution < -0.4 is 5.32 Å². The molecular formula is C17H27NO. The first kappa shape index (κ1) is 14.5. The van der Waals surface area contributed by atoms with E-state index in [9.17, 15) is 0 Å². The molecule has 1 saturated carbocycles. The van der Waals surface area contributed by atoms with E-state index in [4.69, 9.17) is 4.74 Å². The fourth-order valence-electron chi connectivity index (χ4n) is 3.57. The quantitative estimate of drug-likeness (QED) is 0.870. The third-order valence-corrected chi connectivity index (χ3v) is 4.53. The van der Waals surface area contributed by atoms with Crippen LogP contribution in [0.4, 0.5) is 0 Å². The van der Waals surface area contributed by atoms with Gasteiger partial charge in [-0.25, -0.2) is 0 Å². The van der Waals surface area contributed by atoms with Gasteiger partial charge in [-0.3, -0.25) is 0 Å². The Bertz CT molecular complexity index is 365. The van der Waals surface area contributed by atoms with E-state index in [1.54, 1.807) is 0 Å². The smallest absolute Gasteiger partial charge is 0.0976 e. The normalized spacial score (nSPS) is 26.9. The molecule has 1 aliphatic carbocycles. The molecule has 0 bridgehead atoms. The molecule has 1 N–H and O–H groups in total. The van der Waals surface area contributed by atoms with Crippen LogP contribution in [0.5, 0.6) is 0 Å². The van der Waals surface area contributed by atoms with E-state index in [0.717, 1.165) is 11.8 Å². The molecule has 19 heavy (non-hydrogen) atoms. The van der Waals surface area contributed by atoms with Crippen molar-refractivity contribution in [3.8, 4) is 0 Å². The molecule has 2 heteroatoms. The van der Waals surface area contributed by atoms with Gasteiger partial charge in [0.25, 0.3) is 0 Å². The second-order valence-corrected chi connectivity index (χ2v) is 5.91. The van der Waals surface area contributed by atoms with Gasteiger partial charge in [0.05, 0.1) is 6.10 Å². The summed E-state index contributed by atoms with van der Waals surface area (Å²) in [6.45, 7) is 2.38. The van der Waals surface area contributed by atoms with Crippen LogP contribution in [0.15, 0.2) is 30.3 Å². The highest BCUT2D eigenvalue weighted by molar-refractivity contribution is 5.19. The third kappa shape index (κ3) is 3.58. The lowest BCUT2D eigenvalue weighted by atomic mass is 9.76. The summed E-state index contributed by atoms with van der Waals surface area (Å²) in [5.41, 5.74) is 1.28. The average molecular weight is 261 g/mol. The molecule has 0 spiro atoms. The predicted octanol–water partition coefficient (Wildman–Crippen LogP) is 3.79. The fraction of sp³-hybridized carbons (Fsp3) is 0.647. The number of rotatable bonds is 5. The highest BCUT2D eigenvalue weighted by Crippen LogP contribution is 2.36. The van der Waals surface area contributed by atoms with Crippen LogP contribution in [0.2, 0.25) is 0 Å².